The van der Waals surface area contributed by atoms with Crippen LogP contribution < -0.4 is 0 Å². The molecule has 0 bridgehead atoms. The van der Waals surface area contributed by atoms with Gasteiger partial charge in [-0.2, -0.15) is 0 Å². The summed E-state index contributed by atoms with van der Waals surface area (Å²) in [6.45, 7) is 2.15. The van der Waals surface area contributed by atoms with Crippen LogP contribution in [0.25, 0.3) is 0 Å². The van der Waals surface area contributed by atoms with Gasteiger partial charge in [0.2, 0.25) is 0 Å². The number of hydrogen-bond acceptors (Lipinski definition) is 1. The third-order valence-corrected chi connectivity index (χ3v) is 3.57. The number of hydrogen-bond donors (Lipinski definition) is 1. The minimum atomic E-state index is -0.666. The maximum absolute atomic E-state index is 10.3. The Morgan fingerprint density at radius 2 is 1.36 bits per heavy atom. The van der Waals surface area contributed by atoms with E-state index in [0.29, 0.717) is 6.42 Å². The predicted molar refractivity (Wildman–Crippen MR) is 96.1 cm³/mol. The lowest BCUT2D eigenvalue weighted by Gasteiger charge is -2.00. The molecule has 0 saturated heterocycles. The maximum Gasteiger partial charge on any atom is 0.303 e. The first-order valence-corrected chi connectivity index (χ1v) is 8.95. The van der Waals surface area contributed by atoms with Crippen molar-refractivity contribution < 1.29 is 9.90 Å². The summed E-state index contributed by atoms with van der Waals surface area (Å²) in [4.78, 5) is 10.3. The summed E-state index contributed by atoms with van der Waals surface area (Å²) in [6.07, 6.45) is 26.3. The third kappa shape index (κ3) is 18.7. The largest absolute Gasteiger partial charge is 0.481 e. The van der Waals surface area contributed by atoms with Crippen LogP contribution in [0.3, 0.4) is 0 Å². The molecule has 2 heteroatoms. The smallest absolute Gasteiger partial charge is 0.303 e. The van der Waals surface area contributed by atoms with Crippen LogP contribution in [0.2, 0.25) is 0 Å². The molecule has 0 heterocycles. The maximum atomic E-state index is 10.3. The quantitative estimate of drug-likeness (QED) is 0.215. The molecule has 0 aromatic carbocycles. The van der Waals surface area contributed by atoms with Crippen molar-refractivity contribution >= 4 is 5.97 Å². The van der Waals surface area contributed by atoms with E-state index in [-0.39, 0.29) is 0 Å². The summed E-state index contributed by atoms with van der Waals surface area (Å²) in [6, 6.07) is 0. The summed E-state index contributed by atoms with van der Waals surface area (Å²) in [7, 11) is 0. The molecule has 22 heavy (non-hydrogen) atoms. The SMILES string of the molecule is CCC=CCC=CC=CCCCCCCCCCCC(=O)O. The number of unbranched alkanes of at least 4 members (excludes halogenated alkanes) is 8. The van der Waals surface area contributed by atoms with E-state index in [9.17, 15) is 4.79 Å². The first-order chi connectivity index (χ1) is 10.8. The van der Waals surface area contributed by atoms with Gasteiger partial charge in [0.25, 0.3) is 0 Å². The summed E-state index contributed by atoms with van der Waals surface area (Å²) in [5.41, 5.74) is 0. The average molecular weight is 306 g/mol. The van der Waals surface area contributed by atoms with Gasteiger partial charge in [0.05, 0.1) is 0 Å². The fraction of sp³-hybridized carbons (Fsp3) is 0.650. The normalized spacial score (nSPS) is 12.0. The van der Waals surface area contributed by atoms with Crippen LogP contribution in [0.4, 0.5) is 0 Å². The molecule has 0 aliphatic rings. The fourth-order valence-electron chi connectivity index (χ4n) is 2.27. The second-order valence-corrected chi connectivity index (χ2v) is 5.73. The minimum Gasteiger partial charge on any atom is -0.481 e. The van der Waals surface area contributed by atoms with E-state index in [0.717, 1.165) is 25.7 Å². The molecule has 0 aromatic heterocycles. The second kappa shape index (κ2) is 17.7. The van der Waals surface area contributed by atoms with Crippen LogP contribution in [0.5, 0.6) is 0 Å². The second-order valence-electron chi connectivity index (χ2n) is 5.73. The first kappa shape index (κ1) is 20.7. The molecule has 0 unspecified atom stereocenters. The number of aliphatic carboxylic acids is 1. The highest BCUT2D eigenvalue weighted by molar-refractivity contribution is 5.66. The molecule has 0 rings (SSSR count). The molecule has 0 fully saturated rings. The van der Waals surface area contributed by atoms with E-state index in [1.165, 1.54) is 44.9 Å². The van der Waals surface area contributed by atoms with Gasteiger partial charge in [0.1, 0.15) is 0 Å². The van der Waals surface area contributed by atoms with Crippen LogP contribution in [-0.2, 0) is 4.79 Å². The molecular formula is C20H34O2. The number of rotatable bonds is 15. The van der Waals surface area contributed by atoms with Crippen LogP contribution in [-0.4, -0.2) is 11.1 Å². The Balaban J connectivity index is 3.19. The van der Waals surface area contributed by atoms with Crippen molar-refractivity contribution in [3.63, 3.8) is 0 Å². The minimum absolute atomic E-state index is 0.329. The Morgan fingerprint density at radius 1 is 0.773 bits per heavy atom. The molecule has 0 aliphatic carbocycles. The van der Waals surface area contributed by atoms with Gasteiger partial charge >= 0.3 is 5.97 Å². The molecule has 0 aliphatic heterocycles. The van der Waals surface area contributed by atoms with Gasteiger partial charge < -0.3 is 5.11 Å². The third-order valence-electron chi connectivity index (χ3n) is 3.57. The Hall–Kier alpha value is -1.31. The lowest BCUT2D eigenvalue weighted by Crippen LogP contribution is -1.93. The van der Waals surface area contributed by atoms with Gasteiger partial charge in [-0.25, -0.2) is 0 Å². The summed E-state index contributed by atoms with van der Waals surface area (Å²) in [5.74, 6) is -0.666. The molecule has 0 aromatic rings. The predicted octanol–water partition coefficient (Wildman–Crippen LogP) is 6.44. The number of carbonyl (C=O) groups is 1. The fourth-order valence-corrected chi connectivity index (χ4v) is 2.27. The highest BCUT2D eigenvalue weighted by Crippen LogP contribution is 2.10. The molecule has 0 radical (unpaired) electrons. The van der Waals surface area contributed by atoms with Gasteiger partial charge in [-0.05, 0) is 32.1 Å². The summed E-state index contributed by atoms with van der Waals surface area (Å²) < 4.78 is 0. The van der Waals surface area contributed by atoms with Crippen molar-refractivity contribution in [3.8, 4) is 0 Å². The van der Waals surface area contributed by atoms with E-state index in [4.69, 9.17) is 5.11 Å². The van der Waals surface area contributed by atoms with Gasteiger partial charge in [-0.1, -0.05) is 81.9 Å². The van der Waals surface area contributed by atoms with Crippen LogP contribution in [0.15, 0.2) is 36.5 Å². The van der Waals surface area contributed by atoms with Crippen LogP contribution in [0.1, 0.15) is 84.0 Å². The zero-order valence-electron chi connectivity index (χ0n) is 14.3. The molecule has 0 amide bonds. The van der Waals surface area contributed by atoms with Crippen molar-refractivity contribution in [2.24, 2.45) is 0 Å². The van der Waals surface area contributed by atoms with Gasteiger partial charge in [-0.15, -0.1) is 0 Å². The van der Waals surface area contributed by atoms with Crippen molar-refractivity contribution in [2.45, 2.75) is 84.0 Å². The average Bonchev–Trinajstić information content (AvgIpc) is 2.50. The highest BCUT2D eigenvalue weighted by Gasteiger charge is 1.96. The van der Waals surface area contributed by atoms with Gasteiger partial charge in [0, 0.05) is 6.42 Å². The molecule has 1 N–H and O–H groups in total. The van der Waals surface area contributed by atoms with E-state index >= 15 is 0 Å². The topological polar surface area (TPSA) is 37.3 Å². The van der Waals surface area contributed by atoms with Crippen molar-refractivity contribution in [1.82, 2.24) is 0 Å². The molecule has 0 saturated carbocycles. The Bertz CT molecular complexity index is 327. The van der Waals surface area contributed by atoms with Crippen molar-refractivity contribution in [2.75, 3.05) is 0 Å². The van der Waals surface area contributed by atoms with Gasteiger partial charge in [-0.3, -0.25) is 4.79 Å². The van der Waals surface area contributed by atoms with Crippen molar-refractivity contribution in [3.05, 3.63) is 36.5 Å². The molecule has 2 nitrogen and oxygen atoms in total. The number of carboxylic acid groups (broad SMARTS) is 1. The lowest BCUT2D eigenvalue weighted by atomic mass is 10.1. The Kier molecular flexibility index (Phi) is 16.7. The summed E-state index contributed by atoms with van der Waals surface area (Å²) >= 11 is 0. The molecule has 0 spiro atoms. The lowest BCUT2D eigenvalue weighted by molar-refractivity contribution is -0.137. The zero-order chi connectivity index (χ0) is 16.3. The standard InChI is InChI=1S/C20H34O2/c1-2-3-4-5-6-7-8-9-10-11-12-13-14-15-16-17-18-19-20(21)22/h3-4,6-9H,2,5,10-19H2,1H3,(H,21,22). The van der Waals surface area contributed by atoms with E-state index < -0.39 is 5.97 Å². The van der Waals surface area contributed by atoms with Crippen LogP contribution >= 0.6 is 0 Å². The zero-order valence-corrected chi connectivity index (χ0v) is 14.3. The summed E-state index contributed by atoms with van der Waals surface area (Å²) in [5, 5.41) is 8.53. The van der Waals surface area contributed by atoms with Crippen LogP contribution in [0, 0.1) is 0 Å². The number of carboxylic acids is 1. The van der Waals surface area contributed by atoms with Crippen molar-refractivity contribution in [1.29, 1.82) is 0 Å². The molecule has 126 valence electrons. The van der Waals surface area contributed by atoms with E-state index in [1.807, 2.05) is 0 Å². The highest BCUT2D eigenvalue weighted by atomic mass is 16.4. The number of allylic oxidation sites excluding steroid dienone is 6. The molecule has 0 atom stereocenters. The van der Waals surface area contributed by atoms with E-state index in [2.05, 4.69) is 43.4 Å². The monoisotopic (exact) mass is 306 g/mol. The Labute approximate surface area is 137 Å². The van der Waals surface area contributed by atoms with E-state index in [1.54, 1.807) is 0 Å². The Morgan fingerprint density at radius 3 is 2.00 bits per heavy atom. The first-order valence-electron chi connectivity index (χ1n) is 8.95. The molecular weight excluding hydrogens is 272 g/mol. The van der Waals surface area contributed by atoms with Gasteiger partial charge in [0.15, 0.2) is 0 Å².